The summed E-state index contributed by atoms with van der Waals surface area (Å²) in [6.45, 7) is 11.4. The molecule has 2 aliphatic heterocycles. The standard InChI is InChI=1S/C35H52F4N3O2P/c1-24(10-9-17-40-33-15-14-27(45(4)5)20-34(33)43-3)29(21-35(37,38)39)28-12-8-13-31(25(28)2)41-32-16-18-42(22-30(32)36)26-11-6-7-19-44-23-26/h8,12-15,20,24,26,29-30,32,40-41H,6-7,9-11,16-19,21-23H2,1-5H3. The molecule has 2 aliphatic rings. The Morgan fingerprint density at radius 2 is 1.91 bits per heavy atom. The third-order valence-corrected chi connectivity index (χ3v) is 10.9. The molecule has 0 radical (unpaired) electrons. The van der Waals surface area contributed by atoms with E-state index in [4.69, 9.17) is 9.47 Å². The van der Waals surface area contributed by atoms with Crippen LogP contribution in [0.15, 0.2) is 36.4 Å². The van der Waals surface area contributed by atoms with Crippen molar-refractivity contribution in [1.82, 2.24) is 4.90 Å². The summed E-state index contributed by atoms with van der Waals surface area (Å²) in [5.41, 5.74) is 3.09. The molecule has 252 valence electrons. The monoisotopic (exact) mass is 653 g/mol. The van der Waals surface area contributed by atoms with E-state index in [-0.39, 0.29) is 25.9 Å². The Kier molecular flexibility index (Phi) is 13.2. The lowest BCUT2D eigenvalue weighted by Gasteiger charge is -2.39. The smallest absolute Gasteiger partial charge is 0.389 e. The molecule has 5 atom stereocenters. The fourth-order valence-electron chi connectivity index (χ4n) is 6.83. The highest BCUT2D eigenvalue weighted by atomic mass is 31.1. The fraction of sp³-hybridized carbons (Fsp3) is 0.657. The lowest BCUT2D eigenvalue weighted by Crippen LogP contribution is -2.52. The van der Waals surface area contributed by atoms with Crippen LogP contribution in [0, 0.1) is 12.8 Å². The van der Waals surface area contributed by atoms with Gasteiger partial charge >= 0.3 is 6.18 Å². The SMILES string of the molecule is COc1cc(P(C)C)ccc1NCCCC(C)C(CC(F)(F)F)c1cccc(NC2CCN(C3CCCCOC3)CC2F)c1C. The molecule has 45 heavy (non-hydrogen) atoms. The van der Waals surface area contributed by atoms with Gasteiger partial charge in [0.1, 0.15) is 11.9 Å². The van der Waals surface area contributed by atoms with E-state index < -0.39 is 24.7 Å². The quantitative estimate of drug-likeness (QED) is 0.129. The predicted octanol–water partition coefficient (Wildman–Crippen LogP) is 8.33. The highest BCUT2D eigenvalue weighted by Crippen LogP contribution is 2.41. The number of benzene rings is 2. The molecule has 2 aromatic carbocycles. The zero-order chi connectivity index (χ0) is 32.6. The maximum atomic E-state index is 15.5. The van der Waals surface area contributed by atoms with Crippen LogP contribution in [-0.4, -0.2) is 82.6 Å². The Bertz CT molecular complexity index is 1210. The minimum absolute atomic E-state index is 0.200. The molecule has 2 heterocycles. The van der Waals surface area contributed by atoms with Crippen molar-refractivity contribution in [2.75, 3.05) is 63.9 Å². The summed E-state index contributed by atoms with van der Waals surface area (Å²) >= 11 is 0. The highest BCUT2D eigenvalue weighted by molar-refractivity contribution is 7.64. The molecule has 4 rings (SSSR count). The summed E-state index contributed by atoms with van der Waals surface area (Å²) < 4.78 is 68.5. The van der Waals surface area contributed by atoms with Crippen LogP contribution in [-0.2, 0) is 4.74 Å². The number of anilines is 2. The number of halogens is 4. The van der Waals surface area contributed by atoms with E-state index in [1.165, 1.54) is 5.30 Å². The summed E-state index contributed by atoms with van der Waals surface area (Å²) in [7, 11) is 1.41. The van der Waals surface area contributed by atoms with E-state index in [0.29, 0.717) is 38.1 Å². The Hall–Kier alpha value is -2.09. The maximum Gasteiger partial charge on any atom is 0.389 e. The van der Waals surface area contributed by atoms with Gasteiger partial charge in [-0.15, -0.1) is 0 Å². The summed E-state index contributed by atoms with van der Waals surface area (Å²) in [5, 5.41) is 8.05. The number of nitrogens with zero attached hydrogens (tertiary/aromatic N) is 1. The van der Waals surface area contributed by atoms with Gasteiger partial charge in [-0.3, -0.25) is 4.90 Å². The molecule has 0 aromatic heterocycles. The van der Waals surface area contributed by atoms with E-state index in [9.17, 15) is 13.2 Å². The van der Waals surface area contributed by atoms with Crippen LogP contribution in [0.3, 0.4) is 0 Å². The Balaban J connectivity index is 1.39. The van der Waals surface area contributed by atoms with Crippen molar-refractivity contribution in [3.8, 4) is 5.75 Å². The van der Waals surface area contributed by atoms with Crippen molar-refractivity contribution in [2.45, 2.75) is 89.1 Å². The van der Waals surface area contributed by atoms with E-state index in [0.717, 1.165) is 61.5 Å². The molecule has 2 saturated heterocycles. The van der Waals surface area contributed by atoms with Gasteiger partial charge in [0, 0.05) is 38.0 Å². The average molecular weight is 654 g/mol. The van der Waals surface area contributed by atoms with Gasteiger partial charge in [0.05, 0.1) is 31.9 Å². The van der Waals surface area contributed by atoms with Crippen molar-refractivity contribution >= 4 is 24.6 Å². The molecule has 2 N–H and O–H groups in total. The van der Waals surface area contributed by atoms with Crippen LogP contribution in [0.1, 0.15) is 68.9 Å². The Labute approximate surface area is 268 Å². The fourth-order valence-corrected chi connectivity index (χ4v) is 7.58. The van der Waals surface area contributed by atoms with Crippen LogP contribution < -0.4 is 20.7 Å². The maximum absolute atomic E-state index is 15.5. The molecular weight excluding hydrogens is 601 g/mol. The van der Waals surface area contributed by atoms with Gasteiger partial charge in [0.2, 0.25) is 0 Å². The number of alkyl halides is 4. The first-order valence-corrected chi connectivity index (χ1v) is 18.7. The summed E-state index contributed by atoms with van der Waals surface area (Å²) in [5.74, 6) is -0.104. The predicted molar refractivity (Wildman–Crippen MR) is 180 cm³/mol. The molecule has 10 heteroatoms. The summed E-state index contributed by atoms with van der Waals surface area (Å²) in [4.78, 5) is 2.21. The number of rotatable bonds is 13. The van der Waals surface area contributed by atoms with Crippen molar-refractivity contribution < 1.29 is 27.0 Å². The van der Waals surface area contributed by atoms with Crippen LogP contribution in [0.4, 0.5) is 28.9 Å². The lowest BCUT2D eigenvalue weighted by molar-refractivity contribution is -0.141. The van der Waals surface area contributed by atoms with Gasteiger partial charge in [-0.05, 0) is 105 Å². The van der Waals surface area contributed by atoms with E-state index >= 15 is 4.39 Å². The van der Waals surface area contributed by atoms with Gasteiger partial charge in [-0.1, -0.05) is 33.0 Å². The van der Waals surface area contributed by atoms with E-state index in [1.54, 1.807) is 7.11 Å². The van der Waals surface area contributed by atoms with Gasteiger partial charge in [0.15, 0.2) is 0 Å². The second kappa shape index (κ2) is 16.6. The van der Waals surface area contributed by atoms with Crippen molar-refractivity contribution in [2.24, 2.45) is 5.92 Å². The average Bonchev–Trinajstić information content (AvgIpc) is 3.29. The van der Waals surface area contributed by atoms with Crippen molar-refractivity contribution in [3.05, 3.63) is 47.5 Å². The number of nitrogens with one attached hydrogen (secondary N) is 2. The van der Waals surface area contributed by atoms with Crippen LogP contribution in [0.2, 0.25) is 0 Å². The first-order valence-electron chi connectivity index (χ1n) is 16.4. The summed E-state index contributed by atoms with van der Waals surface area (Å²) in [6, 6.07) is 11.5. The molecular formula is C35H52F4N3O2P. The second-order valence-corrected chi connectivity index (χ2v) is 15.4. The first kappa shape index (κ1) is 35.8. The number of hydrogen-bond acceptors (Lipinski definition) is 5. The molecule has 2 fully saturated rings. The number of methoxy groups -OCH3 is 1. The topological polar surface area (TPSA) is 45.8 Å². The molecule has 2 aromatic rings. The van der Waals surface area contributed by atoms with Gasteiger partial charge in [0.25, 0.3) is 0 Å². The number of likely N-dealkylation sites (tertiary alicyclic amines) is 1. The van der Waals surface area contributed by atoms with Crippen LogP contribution >= 0.6 is 7.92 Å². The largest absolute Gasteiger partial charge is 0.495 e. The Morgan fingerprint density at radius 1 is 1.11 bits per heavy atom. The number of ether oxygens (including phenoxy) is 2. The first-order chi connectivity index (χ1) is 21.5. The summed E-state index contributed by atoms with van der Waals surface area (Å²) in [6.07, 6.45) is -1.06. The van der Waals surface area contributed by atoms with E-state index in [1.807, 2.05) is 38.1 Å². The molecule has 0 bridgehead atoms. The van der Waals surface area contributed by atoms with Crippen molar-refractivity contribution in [3.63, 3.8) is 0 Å². The molecule has 0 saturated carbocycles. The zero-order valence-electron chi connectivity index (χ0n) is 27.6. The lowest BCUT2D eigenvalue weighted by atomic mass is 9.80. The number of hydrogen-bond donors (Lipinski definition) is 2. The molecule has 5 unspecified atom stereocenters. The second-order valence-electron chi connectivity index (χ2n) is 13.0. The van der Waals surface area contributed by atoms with Gasteiger partial charge in [-0.2, -0.15) is 13.2 Å². The molecule has 5 nitrogen and oxygen atoms in total. The Morgan fingerprint density at radius 3 is 2.62 bits per heavy atom. The minimum Gasteiger partial charge on any atom is -0.495 e. The molecule has 0 amide bonds. The normalized spacial score (nSPS) is 22.9. The molecule has 0 spiro atoms. The van der Waals surface area contributed by atoms with Gasteiger partial charge < -0.3 is 20.1 Å². The van der Waals surface area contributed by atoms with Gasteiger partial charge in [-0.25, -0.2) is 4.39 Å². The third-order valence-electron chi connectivity index (χ3n) is 9.58. The van der Waals surface area contributed by atoms with Crippen molar-refractivity contribution in [1.29, 1.82) is 0 Å². The zero-order valence-corrected chi connectivity index (χ0v) is 28.5. The van der Waals surface area contributed by atoms with Crippen LogP contribution in [0.25, 0.3) is 0 Å². The third kappa shape index (κ3) is 10.2. The van der Waals surface area contributed by atoms with Crippen LogP contribution in [0.5, 0.6) is 5.75 Å². The molecule has 0 aliphatic carbocycles. The minimum atomic E-state index is -4.29. The van der Waals surface area contributed by atoms with E-state index in [2.05, 4.69) is 41.0 Å². The number of piperidine rings is 1. The highest BCUT2D eigenvalue weighted by Gasteiger charge is 2.37.